The summed E-state index contributed by atoms with van der Waals surface area (Å²) in [4.78, 5) is 24.4. The molecule has 0 aliphatic carbocycles. The summed E-state index contributed by atoms with van der Waals surface area (Å²) in [6, 6.07) is 11.0. The van der Waals surface area contributed by atoms with E-state index in [1.54, 1.807) is 12.1 Å². The molecule has 2 aliphatic heterocycles. The minimum absolute atomic E-state index is 0.00514. The Morgan fingerprint density at radius 2 is 1.66 bits per heavy atom. The van der Waals surface area contributed by atoms with E-state index in [-0.39, 0.29) is 19.4 Å². The van der Waals surface area contributed by atoms with Gasteiger partial charge in [0.25, 0.3) is 5.79 Å². The fourth-order valence-corrected chi connectivity index (χ4v) is 4.03. The van der Waals surface area contributed by atoms with Crippen LogP contribution in [0.2, 0.25) is 10.0 Å². The Morgan fingerprint density at radius 1 is 0.966 bits per heavy atom. The standard InChI is InChI=1S/C21H20Cl2N2O4/c22-14-3-1-13(2-4-14)11-25-20-15-9-10-24-12-21(16(15)5-6-17(20)23)28-18(26)7-8-19(27)29-21/h1-6,24-25H,7-12H2. The smallest absolute Gasteiger partial charge is 0.309 e. The SMILES string of the molecule is O=C1CCC(=O)OC2(CNCCc3c2ccc(Cl)c3NCc2ccc(Cl)cc2)O1. The minimum atomic E-state index is -1.49. The van der Waals surface area contributed by atoms with Crippen molar-refractivity contribution < 1.29 is 19.1 Å². The van der Waals surface area contributed by atoms with Crippen LogP contribution in [0.1, 0.15) is 29.5 Å². The van der Waals surface area contributed by atoms with Crippen LogP contribution in [-0.2, 0) is 37.8 Å². The lowest BCUT2D eigenvalue weighted by Gasteiger charge is -2.32. The van der Waals surface area contributed by atoms with E-state index in [0.29, 0.717) is 35.1 Å². The molecule has 2 aliphatic rings. The Morgan fingerprint density at radius 3 is 2.34 bits per heavy atom. The van der Waals surface area contributed by atoms with Gasteiger partial charge in [0.15, 0.2) is 0 Å². The van der Waals surface area contributed by atoms with Gasteiger partial charge in [-0.25, -0.2) is 0 Å². The normalized spacial score (nSPS) is 18.3. The molecule has 2 heterocycles. The van der Waals surface area contributed by atoms with Crippen LogP contribution in [0.25, 0.3) is 0 Å². The van der Waals surface area contributed by atoms with E-state index in [2.05, 4.69) is 10.6 Å². The number of halogens is 2. The van der Waals surface area contributed by atoms with Gasteiger partial charge in [0.2, 0.25) is 0 Å². The highest BCUT2D eigenvalue weighted by molar-refractivity contribution is 6.33. The summed E-state index contributed by atoms with van der Waals surface area (Å²) in [5, 5.41) is 7.81. The molecule has 2 aromatic rings. The van der Waals surface area contributed by atoms with Crippen LogP contribution >= 0.6 is 23.2 Å². The molecule has 8 heteroatoms. The number of benzene rings is 2. The second-order valence-electron chi connectivity index (χ2n) is 7.06. The average Bonchev–Trinajstić information content (AvgIpc) is 2.95. The molecule has 0 saturated carbocycles. The summed E-state index contributed by atoms with van der Waals surface area (Å²) in [5.74, 6) is -2.41. The van der Waals surface area contributed by atoms with Gasteiger partial charge >= 0.3 is 11.9 Å². The lowest BCUT2D eigenvalue weighted by Crippen LogP contribution is -2.43. The van der Waals surface area contributed by atoms with E-state index in [4.69, 9.17) is 32.7 Å². The molecule has 0 atom stereocenters. The van der Waals surface area contributed by atoms with Crippen molar-refractivity contribution in [2.45, 2.75) is 31.6 Å². The fourth-order valence-electron chi connectivity index (χ4n) is 3.66. The quantitative estimate of drug-likeness (QED) is 0.715. The molecule has 2 aromatic carbocycles. The third-order valence-electron chi connectivity index (χ3n) is 5.06. The van der Waals surface area contributed by atoms with Crippen molar-refractivity contribution in [3.8, 4) is 0 Å². The van der Waals surface area contributed by atoms with Crippen molar-refractivity contribution in [1.82, 2.24) is 5.32 Å². The van der Waals surface area contributed by atoms with Gasteiger partial charge in [0.05, 0.1) is 30.1 Å². The van der Waals surface area contributed by atoms with Gasteiger partial charge in [-0.3, -0.25) is 9.59 Å². The van der Waals surface area contributed by atoms with Crippen molar-refractivity contribution in [2.24, 2.45) is 0 Å². The Kier molecular flexibility index (Phi) is 5.67. The lowest BCUT2D eigenvalue weighted by molar-refractivity contribution is -0.225. The number of esters is 2. The number of anilines is 1. The molecule has 1 spiro atoms. The topological polar surface area (TPSA) is 76.7 Å². The molecular formula is C21H20Cl2N2O4. The van der Waals surface area contributed by atoms with E-state index in [1.165, 1.54) is 0 Å². The second-order valence-corrected chi connectivity index (χ2v) is 7.90. The predicted molar refractivity (Wildman–Crippen MR) is 110 cm³/mol. The maximum absolute atomic E-state index is 12.2. The fraction of sp³-hybridized carbons (Fsp3) is 0.333. The number of hydrogen-bond acceptors (Lipinski definition) is 6. The van der Waals surface area contributed by atoms with Gasteiger partial charge in [0, 0.05) is 17.1 Å². The summed E-state index contributed by atoms with van der Waals surface area (Å²) in [6.45, 7) is 1.35. The highest BCUT2D eigenvalue weighted by Gasteiger charge is 2.45. The number of fused-ring (bicyclic) bond motifs is 2. The van der Waals surface area contributed by atoms with Gasteiger partial charge in [-0.15, -0.1) is 0 Å². The summed E-state index contributed by atoms with van der Waals surface area (Å²) in [6.07, 6.45) is 0.645. The van der Waals surface area contributed by atoms with Crippen LogP contribution in [0.3, 0.4) is 0 Å². The molecule has 1 saturated heterocycles. The van der Waals surface area contributed by atoms with Crippen molar-refractivity contribution in [1.29, 1.82) is 0 Å². The molecule has 29 heavy (non-hydrogen) atoms. The van der Waals surface area contributed by atoms with E-state index in [9.17, 15) is 9.59 Å². The maximum atomic E-state index is 12.2. The zero-order chi connectivity index (χ0) is 20.4. The molecule has 0 radical (unpaired) electrons. The van der Waals surface area contributed by atoms with Crippen molar-refractivity contribution in [2.75, 3.05) is 18.4 Å². The van der Waals surface area contributed by atoms with Gasteiger partial charge in [-0.2, -0.15) is 0 Å². The predicted octanol–water partition coefficient (Wildman–Crippen LogP) is 3.78. The zero-order valence-corrected chi connectivity index (χ0v) is 17.1. The highest BCUT2D eigenvalue weighted by atomic mass is 35.5. The Bertz CT molecular complexity index is 928. The molecule has 6 nitrogen and oxygen atoms in total. The minimum Gasteiger partial charge on any atom is -0.416 e. The van der Waals surface area contributed by atoms with E-state index < -0.39 is 17.7 Å². The third-order valence-corrected chi connectivity index (χ3v) is 5.62. The van der Waals surface area contributed by atoms with Crippen molar-refractivity contribution >= 4 is 40.8 Å². The van der Waals surface area contributed by atoms with Crippen LogP contribution in [0.15, 0.2) is 36.4 Å². The first kappa shape index (κ1) is 20.0. The van der Waals surface area contributed by atoms with Crippen LogP contribution in [0, 0.1) is 0 Å². The number of nitrogens with one attached hydrogen (secondary N) is 2. The summed E-state index contributed by atoms with van der Waals surface area (Å²) >= 11 is 12.5. The van der Waals surface area contributed by atoms with Gasteiger partial charge in [-0.05, 0) is 48.4 Å². The maximum Gasteiger partial charge on any atom is 0.309 e. The molecule has 2 N–H and O–H groups in total. The summed E-state index contributed by atoms with van der Waals surface area (Å²) in [7, 11) is 0. The number of hydrogen-bond donors (Lipinski definition) is 2. The molecular weight excluding hydrogens is 415 g/mol. The van der Waals surface area contributed by atoms with E-state index in [0.717, 1.165) is 16.8 Å². The number of ether oxygens (including phenoxy) is 2. The first-order valence-corrected chi connectivity index (χ1v) is 10.2. The van der Waals surface area contributed by atoms with Crippen molar-refractivity contribution in [3.05, 3.63) is 63.1 Å². The number of carbonyl (C=O) groups excluding carboxylic acids is 2. The second kappa shape index (κ2) is 8.22. The van der Waals surface area contributed by atoms with Crippen molar-refractivity contribution in [3.63, 3.8) is 0 Å². The molecule has 1 fully saturated rings. The Labute approximate surface area is 178 Å². The van der Waals surface area contributed by atoms with Gasteiger partial charge in [-0.1, -0.05) is 35.3 Å². The Balaban J connectivity index is 1.72. The zero-order valence-electron chi connectivity index (χ0n) is 15.6. The first-order valence-electron chi connectivity index (χ1n) is 9.41. The first-order chi connectivity index (χ1) is 14.0. The summed E-state index contributed by atoms with van der Waals surface area (Å²) in [5.41, 5.74) is 3.27. The van der Waals surface area contributed by atoms with Crippen LogP contribution in [-0.4, -0.2) is 25.0 Å². The number of rotatable bonds is 3. The molecule has 0 bridgehead atoms. The van der Waals surface area contributed by atoms with Gasteiger partial charge < -0.3 is 20.1 Å². The monoisotopic (exact) mass is 434 g/mol. The molecule has 152 valence electrons. The summed E-state index contributed by atoms with van der Waals surface area (Å²) < 4.78 is 11.3. The molecule has 4 rings (SSSR count). The molecule has 0 aromatic heterocycles. The van der Waals surface area contributed by atoms with Crippen LogP contribution in [0.4, 0.5) is 5.69 Å². The van der Waals surface area contributed by atoms with E-state index in [1.807, 2.05) is 24.3 Å². The molecule has 0 unspecified atom stereocenters. The Hall–Kier alpha value is -2.28. The third kappa shape index (κ3) is 4.20. The number of carbonyl (C=O) groups is 2. The van der Waals surface area contributed by atoms with Crippen LogP contribution < -0.4 is 10.6 Å². The highest BCUT2D eigenvalue weighted by Crippen LogP contribution is 2.40. The van der Waals surface area contributed by atoms with Crippen LogP contribution in [0.5, 0.6) is 0 Å². The average molecular weight is 435 g/mol. The molecule has 0 amide bonds. The van der Waals surface area contributed by atoms with E-state index >= 15 is 0 Å². The van der Waals surface area contributed by atoms with Gasteiger partial charge in [0.1, 0.15) is 0 Å². The lowest BCUT2D eigenvalue weighted by atomic mass is 9.96. The largest absolute Gasteiger partial charge is 0.416 e.